The summed E-state index contributed by atoms with van der Waals surface area (Å²) in [7, 11) is 0. The van der Waals surface area contributed by atoms with Crippen molar-refractivity contribution in [1.82, 2.24) is 0 Å². The summed E-state index contributed by atoms with van der Waals surface area (Å²) in [4.78, 5) is 61.8. The minimum absolute atomic E-state index is 0. The Morgan fingerprint density at radius 1 is 0.276 bits per heavy atom. The van der Waals surface area contributed by atoms with E-state index >= 15 is 0 Å². The molecule has 5 aliphatic rings. The van der Waals surface area contributed by atoms with Crippen LogP contribution in [-0.4, -0.2) is 60.3 Å². The fraction of sp³-hybridized carbons (Fsp3) is 0.125. The Labute approximate surface area is 680 Å². The third-order valence-electron chi connectivity index (χ3n) is 20.5. The van der Waals surface area contributed by atoms with Crippen LogP contribution in [0.3, 0.4) is 0 Å². The molecular weight excluding hydrogens is 1440 g/mol. The molecule has 0 heterocycles. The largest absolute Gasteiger partial charge is 0.478 e. The van der Waals surface area contributed by atoms with Crippen LogP contribution in [0.1, 0.15) is 163 Å². The van der Waals surface area contributed by atoms with Crippen LogP contribution >= 0.6 is 0 Å². The first-order valence-corrected chi connectivity index (χ1v) is 36.1. The lowest BCUT2D eigenvalue weighted by molar-refractivity contribution is -0.252. The van der Waals surface area contributed by atoms with E-state index in [0.717, 1.165) is 74.9 Å². The molecule has 0 spiro atoms. The van der Waals surface area contributed by atoms with Gasteiger partial charge in [-0.3, -0.25) is 14.8 Å². The van der Waals surface area contributed by atoms with Crippen LogP contribution in [0, 0.1) is 6.92 Å². The van der Waals surface area contributed by atoms with Gasteiger partial charge < -0.3 is 25.5 Å². The molecule has 0 fully saturated rings. The van der Waals surface area contributed by atoms with Gasteiger partial charge in [0.25, 0.3) is 0 Å². The predicted octanol–water partition coefficient (Wildman–Crippen LogP) is 25.1. The Hall–Kier alpha value is -13.6. The van der Waals surface area contributed by atoms with Gasteiger partial charge in [-0.1, -0.05) is 348 Å². The number of aryl methyl sites for hydroxylation is 1. The van der Waals surface area contributed by atoms with Crippen LogP contribution in [0.2, 0.25) is 0 Å². The van der Waals surface area contributed by atoms with Crippen molar-refractivity contribution in [1.29, 1.82) is 0 Å². The van der Waals surface area contributed by atoms with Crippen LogP contribution in [0.5, 0.6) is 0 Å². The lowest BCUT2D eigenvalue weighted by Gasteiger charge is -2.10. The minimum atomic E-state index is -1.01. The van der Waals surface area contributed by atoms with Crippen molar-refractivity contribution in [3.63, 3.8) is 0 Å². The molecule has 0 saturated carbocycles. The number of aromatic carboxylic acids is 3. The first kappa shape index (κ1) is 88.0. The van der Waals surface area contributed by atoms with Crippen LogP contribution in [0.4, 0.5) is 0 Å². The van der Waals surface area contributed by atoms with Gasteiger partial charge in [0.1, 0.15) is 6.61 Å². The molecule has 20 rings (SSSR count). The highest BCUT2D eigenvalue weighted by Gasteiger charge is 2.31. The Morgan fingerprint density at radius 3 is 1.09 bits per heavy atom. The maximum Gasteiger partial charge on any atom is 0.336 e. The van der Waals surface area contributed by atoms with Gasteiger partial charge in [0.05, 0.1) is 29.9 Å². The molecule has 12 heteroatoms. The smallest absolute Gasteiger partial charge is 0.336 e. The van der Waals surface area contributed by atoms with E-state index < -0.39 is 17.9 Å². The molecule has 0 aromatic heterocycles. The number of carboxylic acid groups (broad SMARTS) is 3. The molecular formula is C104H98O12. The highest BCUT2D eigenvalue weighted by molar-refractivity contribution is 6.24. The third kappa shape index (κ3) is 17.9. The highest BCUT2D eigenvalue weighted by atomic mass is 17.1. The molecule has 0 unspecified atom stereocenters. The Bertz CT molecular complexity index is 6010. The number of carbonyl (C=O) groups excluding carboxylic acids is 2. The first-order chi connectivity index (χ1) is 53.7. The lowest BCUT2D eigenvalue weighted by Crippen LogP contribution is -2.01. The molecule has 15 aromatic rings. The summed E-state index contributed by atoms with van der Waals surface area (Å²) >= 11 is 0. The molecule has 116 heavy (non-hydrogen) atoms. The quantitative estimate of drug-likeness (QED) is 0.0476. The normalized spacial score (nSPS) is 11.1. The second-order valence-electron chi connectivity index (χ2n) is 26.9. The zero-order valence-corrected chi connectivity index (χ0v) is 60.0. The van der Waals surface area contributed by atoms with Crippen molar-refractivity contribution in [2.45, 2.75) is 90.6 Å². The van der Waals surface area contributed by atoms with Crippen molar-refractivity contribution >= 4 is 51.0 Å². The number of rotatable bonds is 8. The van der Waals surface area contributed by atoms with Crippen LogP contribution < -0.4 is 0 Å². The van der Waals surface area contributed by atoms with E-state index in [1.165, 1.54) is 83.2 Å². The minimum Gasteiger partial charge on any atom is -0.478 e. The molecule has 586 valence electrons. The molecule has 0 radical (unpaired) electrons. The van der Waals surface area contributed by atoms with Gasteiger partial charge in [0.15, 0.2) is 11.6 Å². The van der Waals surface area contributed by atoms with Gasteiger partial charge in [-0.15, -0.1) is 0 Å². The van der Waals surface area contributed by atoms with E-state index in [9.17, 15) is 39.3 Å². The van der Waals surface area contributed by atoms with E-state index in [0.29, 0.717) is 38.9 Å². The van der Waals surface area contributed by atoms with Crippen molar-refractivity contribution in [2.75, 3.05) is 0 Å². The van der Waals surface area contributed by atoms with Crippen LogP contribution in [0.25, 0.3) is 88.3 Å². The zero-order chi connectivity index (χ0) is 76.4. The fourth-order valence-electron chi connectivity index (χ4n) is 15.5. The van der Waals surface area contributed by atoms with E-state index in [-0.39, 0.29) is 87.1 Å². The molecule has 15 aromatic carbocycles. The van der Waals surface area contributed by atoms with E-state index in [2.05, 4.69) is 151 Å². The van der Waals surface area contributed by atoms with Crippen molar-refractivity contribution in [3.8, 4) is 66.8 Å². The molecule has 0 amide bonds. The van der Waals surface area contributed by atoms with Gasteiger partial charge in [-0.2, -0.15) is 0 Å². The van der Waals surface area contributed by atoms with E-state index in [4.69, 9.17) is 15.5 Å². The number of ketones is 2. The van der Waals surface area contributed by atoms with Gasteiger partial charge in [-0.05, 0) is 183 Å². The van der Waals surface area contributed by atoms with Gasteiger partial charge in [0, 0.05) is 27.8 Å². The lowest BCUT2D eigenvalue weighted by atomic mass is 9.96. The topological polar surface area (TPSA) is 216 Å². The number of hydrogen-bond acceptors (Lipinski definition) is 9. The number of carbonyl (C=O) groups is 5. The summed E-state index contributed by atoms with van der Waals surface area (Å²) in [6.07, 6.45) is 2.94. The first-order valence-electron chi connectivity index (χ1n) is 36.1. The monoisotopic (exact) mass is 1540 g/mol. The number of benzene rings is 15. The second-order valence-corrected chi connectivity index (χ2v) is 26.9. The number of hydrogen-bond donors (Lipinski definition) is 6. The maximum absolute atomic E-state index is 12.1. The van der Waals surface area contributed by atoms with Crippen molar-refractivity contribution < 1.29 is 59.7 Å². The number of fused-ring (bicyclic) bond motifs is 18. The summed E-state index contributed by atoms with van der Waals surface area (Å²) < 4.78 is 0. The van der Waals surface area contributed by atoms with Crippen LogP contribution in [-0.2, 0) is 44.0 Å². The van der Waals surface area contributed by atoms with Crippen molar-refractivity contribution in [2.24, 2.45) is 0 Å². The second kappa shape index (κ2) is 39.7. The van der Waals surface area contributed by atoms with Crippen molar-refractivity contribution in [3.05, 3.63) is 416 Å². The SMILES string of the molecule is C.C.C.C.C.C.Cc1cccc2c1-c1ccccc1C2.O=C(O)c1cccc2c1-c1ccccc1C2.O=C(O)c1cccc2c1-c1ccccc1C2=O.O=C(O)c1ccccc1-c1ccccc1COO.O=C1c2ccccc2-c2c(CO)cccc21.OCc1cccc2c1-c1ccccc1C2.c1ccc2c(c1)ccc1ccccc12. The summed E-state index contributed by atoms with van der Waals surface area (Å²) in [5, 5.41) is 60.0. The number of aliphatic hydroxyl groups is 2. The molecule has 0 aliphatic heterocycles. The van der Waals surface area contributed by atoms with Gasteiger partial charge >= 0.3 is 17.9 Å². The molecule has 6 N–H and O–H groups in total. The van der Waals surface area contributed by atoms with Gasteiger partial charge in [-0.25, -0.2) is 19.3 Å². The van der Waals surface area contributed by atoms with Gasteiger partial charge in [0.2, 0.25) is 0 Å². The molecule has 0 bridgehead atoms. The van der Waals surface area contributed by atoms with Crippen LogP contribution in [0.15, 0.2) is 322 Å². The fourth-order valence-corrected chi connectivity index (χ4v) is 15.5. The predicted molar refractivity (Wildman–Crippen MR) is 473 cm³/mol. The standard InChI is InChI=1S/C14H12O4.C14H8O3.2C14H10O2.C14H12O.C14H12.C14H10.6CH4/c15-14(16)13-8-4-3-7-12(13)11-6-2-1-5-10(11)9-18-17;15-13-9-5-2-1-4-8(9)12-10(13)6-3-7-11(12)14(16)17;15-8-9-4-3-7-12-13(9)10-5-1-2-6-11(10)14(12)16;15-14(16)12-7-3-5-10-8-9-4-1-2-6-11(9)13(10)12;15-9-12-6-3-5-11-8-10-4-1-2-7-13(10)14(11)12;1-10-5-4-7-12-9-11-6-2-3-8-13(11)14(10)12;1-3-7-13-11(5-1)9-10-12-6-2-4-8-14(12)13;;;;;;/h1-8,17H,9H2,(H,15,16);1-7H,(H,16,17);1-7,15H,8H2;1-7H,8H2,(H,15,16);1-7,15H,8-9H2;2-8H,9H2,1H3;1-10H;6*1H4. The Morgan fingerprint density at radius 2 is 0.586 bits per heavy atom. The maximum atomic E-state index is 12.1. The Balaban J connectivity index is 0.000000168. The average molecular weight is 1540 g/mol. The number of carboxylic acids is 3. The Kier molecular flexibility index (Phi) is 30.1. The third-order valence-corrected chi connectivity index (χ3v) is 20.5. The molecule has 5 aliphatic carbocycles. The highest BCUT2D eigenvalue weighted by Crippen LogP contribution is 2.44. The summed E-state index contributed by atoms with van der Waals surface area (Å²) in [6.45, 7) is 2.30. The summed E-state index contributed by atoms with van der Waals surface area (Å²) in [6, 6.07) is 104. The van der Waals surface area contributed by atoms with E-state index in [1.807, 2.05) is 91.0 Å². The molecule has 12 nitrogen and oxygen atoms in total. The summed E-state index contributed by atoms with van der Waals surface area (Å²) in [5.74, 6) is -2.88. The number of aliphatic hydroxyl groups excluding tert-OH is 2. The zero-order valence-electron chi connectivity index (χ0n) is 60.0. The molecule has 0 saturated heterocycles. The summed E-state index contributed by atoms with van der Waals surface area (Å²) in [5.41, 5.74) is 27.1. The van der Waals surface area contributed by atoms with E-state index in [1.54, 1.807) is 84.9 Å². The molecule has 0 atom stereocenters. The average Bonchev–Trinajstić information content (AvgIpc) is 1.74.